The van der Waals surface area contributed by atoms with Gasteiger partial charge in [0.05, 0.1) is 5.02 Å². The summed E-state index contributed by atoms with van der Waals surface area (Å²) >= 11 is 5.98. The summed E-state index contributed by atoms with van der Waals surface area (Å²) in [5.74, 6) is 0. The van der Waals surface area contributed by atoms with Gasteiger partial charge in [0, 0.05) is 4.88 Å². The molecule has 0 aliphatic rings. The molecule has 1 heterocycles. The number of hydrogen-bond acceptors (Lipinski definition) is 1. The molecule has 0 aromatic carbocycles. The Labute approximate surface area is 70.6 Å². The van der Waals surface area contributed by atoms with Gasteiger partial charge in [-0.05, 0) is 13.0 Å². The molecule has 62 valence electrons. The van der Waals surface area contributed by atoms with Crippen LogP contribution in [-0.4, -0.2) is 0 Å². The monoisotopic (exact) mass is 200 g/mol. The van der Waals surface area contributed by atoms with Crippen LogP contribution in [0.25, 0.3) is 0 Å². The normalized spacial score (nSPS) is 12.1. The largest absolute Gasteiger partial charge is 0.427 e. The van der Waals surface area contributed by atoms with E-state index in [0.717, 1.165) is 0 Å². The second kappa shape index (κ2) is 2.68. The molecule has 0 spiro atoms. The molecule has 5 heteroatoms. The minimum atomic E-state index is -4.31. The van der Waals surface area contributed by atoms with Crippen molar-refractivity contribution < 1.29 is 13.2 Å². The number of rotatable bonds is 0. The molecule has 0 aliphatic carbocycles. The standard InChI is InChI=1S/C6H4ClF3S/c1-3-2-4(7)5(11-3)6(8,9)10/h2H,1H3. The molecule has 0 N–H and O–H groups in total. The predicted octanol–water partition coefficient (Wildman–Crippen LogP) is 3.73. The van der Waals surface area contributed by atoms with Gasteiger partial charge in [-0.25, -0.2) is 0 Å². The van der Waals surface area contributed by atoms with Crippen molar-refractivity contribution in [2.45, 2.75) is 13.1 Å². The van der Waals surface area contributed by atoms with Crippen LogP contribution < -0.4 is 0 Å². The van der Waals surface area contributed by atoms with Gasteiger partial charge >= 0.3 is 6.18 Å². The maximum Gasteiger partial charge on any atom is 0.427 e. The third-order valence-corrected chi connectivity index (χ3v) is 2.57. The van der Waals surface area contributed by atoms with E-state index in [0.29, 0.717) is 16.2 Å². The van der Waals surface area contributed by atoms with Crippen LogP contribution in [0.2, 0.25) is 5.02 Å². The van der Waals surface area contributed by atoms with Gasteiger partial charge < -0.3 is 0 Å². The molecule has 0 nitrogen and oxygen atoms in total. The van der Waals surface area contributed by atoms with Crippen LogP contribution in [0, 0.1) is 6.92 Å². The fourth-order valence-electron chi connectivity index (χ4n) is 0.676. The Kier molecular flexibility index (Phi) is 2.16. The van der Waals surface area contributed by atoms with Gasteiger partial charge in [-0.1, -0.05) is 11.6 Å². The Hall–Kier alpha value is -0.220. The third kappa shape index (κ3) is 1.87. The molecule has 0 aliphatic heterocycles. The summed E-state index contributed by atoms with van der Waals surface area (Å²) < 4.78 is 36.0. The van der Waals surface area contributed by atoms with E-state index in [1.54, 1.807) is 6.92 Å². The second-order valence-corrected chi connectivity index (χ2v) is 3.70. The second-order valence-electron chi connectivity index (χ2n) is 2.03. The SMILES string of the molecule is Cc1cc(Cl)c(C(F)(F)F)s1. The highest BCUT2D eigenvalue weighted by Crippen LogP contribution is 2.40. The van der Waals surface area contributed by atoms with E-state index in [1.165, 1.54) is 6.07 Å². The van der Waals surface area contributed by atoms with Crippen LogP contribution in [-0.2, 0) is 6.18 Å². The van der Waals surface area contributed by atoms with E-state index < -0.39 is 11.1 Å². The summed E-state index contributed by atoms with van der Waals surface area (Å²) in [6.07, 6.45) is -4.31. The Balaban J connectivity index is 3.13. The van der Waals surface area contributed by atoms with E-state index in [4.69, 9.17) is 11.6 Å². The first-order chi connectivity index (χ1) is 4.91. The molecule has 1 rings (SSSR count). The first-order valence-electron chi connectivity index (χ1n) is 2.74. The Morgan fingerprint density at radius 1 is 1.45 bits per heavy atom. The fraction of sp³-hybridized carbons (Fsp3) is 0.333. The summed E-state index contributed by atoms with van der Waals surface area (Å²) in [6, 6.07) is 1.31. The van der Waals surface area contributed by atoms with Crippen molar-refractivity contribution in [3.63, 3.8) is 0 Å². The minimum absolute atomic E-state index is 0.208. The molecular weight excluding hydrogens is 197 g/mol. The maximum atomic E-state index is 12.0. The van der Waals surface area contributed by atoms with Gasteiger partial charge in [-0.2, -0.15) is 13.2 Å². The predicted molar refractivity (Wildman–Crippen MR) is 39.1 cm³/mol. The lowest BCUT2D eigenvalue weighted by molar-refractivity contribution is -0.134. The molecule has 0 fully saturated rings. The molecule has 0 radical (unpaired) electrons. The van der Waals surface area contributed by atoms with Gasteiger partial charge in [0.15, 0.2) is 0 Å². The van der Waals surface area contributed by atoms with Gasteiger partial charge in [0.2, 0.25) is 0 Å². The van der Waals surface area contributed by atoms with Gasteiger partial charge in [0.25, 0.3) is 0 Å². The van der Waals surface area contributed by atoms with Crippen molar-refractivity contribution in [1.82, 2.24) is 0 Å². The highest BCUT2D eigenvalue weighted by Gasteiger charge is 2.35. The molecule has 0 saturated carbocycles. The molecule has 0 amide bonds. The molecular formula is C6H4ClF3S. The van der Waals surface area contributed by atoms with Crippen LogP contribution in [0.3, 0.4) is 0 Å². The smallest absolute Gasteiger partial charge is 0.165 e. The van der Waals surface area contributed by atoms with E-state index in [1.807, 2.05) is 0 Å². The Bertz CT molecular complexity index is 263. The molecule has 11 heavy (non-hydrogen) atoms. The highest BCUT2D eigenvalue weighted by atomic mass is 35.5. The third-order valence-electron chi connectivity index (χ3n) is 1.07. The van der Waals surface area contributed by atoms with Gasteiger partial charge in [0.1, 0.15) is 4.88 Å². The van der Waals surface area contributed by atoms with Crippen LogP contribution >= 0.6 is 22.9 Å². The number of aryl methyl sites for hydroxylation is 1. The average molecular weight is 201 g/mol. The number of alkyl halides is 3. The topological polar surface area (TPSA) is 0 Å². The van der Waals surface area contributed by atoms with E-state index in [-0.39, 0.29) is 5.02 Å². The molecule has 0 unspecified atom stereocenters. The van der Waals surface area contributed by atoms with Crippen LogP contribution in [0.5, 0.6) is 0 Å². The van der Waals surface area contributed by atoms with Crippen LogP contribution in [0.1, 0.15) is 9.75 Å². The van der Waals surface area contributed by atoms with Crippen LogP contribution in [0.4, 0.5) is 13.2 Å². The zero-order valence-corrected chi connectivity index (χ0v) is 7.07. The molecule has 0 bridgehead atoms. The first-order valence-corrected chi connectivity index (χ1v) is 3.94. The fourth-order valence-corrected chi connectivity index (χ4v) is 1.90. The lowest BCUT2D eigenvalue weighted by Crippen LogP contribution is -2.01. The molecule has 1 aromatic heterocycles. The minimum Gasteiger partial charge on any atom is -0.165 e. The number of halogens is 4. The molecule has 0 saturated heterocycles. The average Bonchev–Trinajstić information content (AvgIpc) is 2.08. The quantitative estimate of drug-likeness (QED) is 0.599. The maximum absolute atomic E-state index is 12.0. The molecule has 0 atom stereocenters. The van der Waals surface area contributed by atoms with Gasteiger partial charge in [-0.3, -0.25) is 0 Å². The summed E-state index contributed by atoms with van der Waals surface area (Å²) in [5, 5.41) is -0.208. The summed E-state index contributed by atoms with van der Waals surface area (Å²) in [6.45, 7) is 1.59. The van der Waals surface area contributed by atoms with Crippen molar-refractivity contribution in [2.24, 2.45) is 0 Å². The van der Waals surface area contributed by atoms with Gasteiger partial charge in [-0.15, -0.1) is 11.3 Å². The van der Waals surface area contributed by atoms with Crippen molar-refractivity contribution in [2.75, 3.05) is 0 Å². The van der Waals surface area contributed by atoms with Crippen molar-refractivity contribution in [1.29, 1.82) is 0 Å². The Morgan fingerprint density at radius 2 is 2.00 bits per heavy atom. The van der Waals surface area contributed by atoms with E-state index >= 15 is 0 Å². The van der Waals surface area contributed by atoms with Crippen molar-refractivity contribution in [3.8, 4) is 0 Å². The highest BCUT2D eigenvalue weighted by molar-refractivity contribution is 7.12. The first kappa shape index (κ1) is 8.87. The number of thiophene rings is 1. The molecule has 1 aromatic rings. The zero-order valence-electron chi connectivity index (χ0n) is 5.50. The lowest BCUT2D eigenvalue weighted by Gasteiger charge is -2.01. The summed E-state index contributed by atoms with van der Waals surface area (Å²) in [4.78, 5) is -0.140. The Morgan fingerprint density at radius 3 is 2.18 bits per heavy atom. The number of hydrogen-bond donors (Lipinski definition) is 0. The lowest BCUT2D eigenvalue weighted by atomic mass is 10.4. The van der Waals surface area contributed by atoms with Crippen LogP contribution in [0.15, 0.2) is 6.07 Å². The van der Waals surface area contributed by atoms with E-state index in [9.17, 15) is 13.2 Å². The zero-order chi connectivity index (χ0) is 8.65. The summed E-state index contributed by atoms with van der Waals surface area (Å²) in [7, 11) is 0. The van der Waals surface area contributed by atoms with E-state index in [2.05, 4.69) is 0 Å². The van der Waals surface area contributed by atoms with Crippen molar-refractivity contribution in [3.05, 3.63) is 20.8 Å². The van der Waals surface area contributed by atoms with Crippen molar-refractivity contribution >= 4 is 22.9 Å². The summed E-state index contributed by atoms with van der Waals surface area (Å²) in [5.41, 5.74) is 0.